The van der Waals surface area contributed by atoms with Crippen molar-refractivity contribution in [1.82, 2.24) is 9.55 Å². The van der Waals surface area contributed by atoms with Crippen LogP contribution in [0.5, 0.6) is 0 Å². The summed E-state index contributed by atoms with van der Waals surface area (Å²) < 4.78 is 2.42. The van der Waals surface area contributed by atoms with E-state index in [1.807, 2.05) is 6.20 Å². The Labute approximate surface area is 266 Å². The summed E-state index contributed by atoms with van der Waals surface area (Å²) in [4.78, 5) is 5.03. The third kappa shape index (κ3) is 12.3. The molecule has 0 aliphatic carbocycles. The van der Waals surface area contributed by atoms with Gasteiger partial charge in [0, 0.05) is 29.8 Å². The second kappa shape index (κ2) is 20.6. The smallest absolute Gasteiger partial charge is 0.112 e. The van der Waals surface area contributed by atoms with Crippen LogP contribution in [0.2, 0.25) is 0 Å². The summed E-state index contributed by atoms with van der Waals surface area (Å²) >= 11 is 0. The average Bonchev–Trinajstić information content (AvgIpc) is 3.51. The quantitative estimate of drug-likeness (QED) is 0.0957. The Bertz CT molecular complexity index is 1070. The third-order valence-electron chi connectivity index (χ3n) is 9.78. The van der Waals surface area contributed by atoms with Crippen LogP contribution in [0.25, 0.3) is 0 Å². The molecule has 0 aliphatic rings. The van der Waals surface area contributed by atoms with E-state index in [2.05, 4.69) is 99.1 Å². The zero-order valence-electron chi connectivity index (χ0n) is 28.4. The molecule has 238 valence electrons. The topological polar surface area (TPSA) is 17.8 Å². The van der Waals surface area contributed by atoms with Gasteiger partial charge in [-0.1, -0.05) is 184 Å². The second-order valence-electron chi connectivity index (χ2n) is 13.7. The summed E-state index contributed by atoms with van der Waals surface area (Å²) in [6, 6.07) is 22.7. The van der Waals surface area contributed by atoms with Crippen molar-refractivity contribution in [3.05, 3.63) is 90.0 Å². The fourth-order valence-corrected chi connectivity index (χ4v) is 7.10. The van der Waals surface area contributed by atoms with E-state index in [1.165, 1.54) is 133 Å². The van der Waals surface area contributed by atoms with E-state index in [0.29, 0.717) is 12.0 Å². The zero-order chi connectivity index (χ0) is 30.6. The number of hydrogen-bond donors (Lipinski definition) is 0. The van der Waals surface area contributed by atoms with E-state index in [-0.39, 0.29) is 5.41 Å². The van der Waals surface area contributed by atoms with Gasteiger partial charge < -0.3 is 4.57 Å². The molecule has 0 bridgehead atoms. The maximum Gasteiger partial charge on any atom is 0.112 e. The number of hydrogen-bond acceptors (Lipinski definition) is 1. The van der Waals surface area contributed by atoms with Gasteiger partial charge in [0.25, 0.3) is 0 Å². The molecule has 0 aliphatic heterocycles. The second-order valence-corrected chi connectivity index (χ2v) is 13.7. The predicted octanol–water partition coefficient (Wildman–Crippen LogP) is 12.8. The van der Waals surface area contributed by atoms with Crippen LogP contribution in [-0.2, 0) is 11.8 Å². The lowest BCUT2D eigenvalue weighted by molar-refractivity contribution is 0.318. The van der Waals surface area contributed by atoms with Crippen LogP contribution in [0.15, 0.2) is 73.1 Å². The first-order valence-electron chi connectivity index (χ1n) is 18.2. The van der Waals surface area contributed by atoms with Crippen molar-refractivity contribution in [1.29, 1.82) is 0 Å². The molecule has 43 heavy (non-hydrogen) atoms. The van der Waals surface area contributed by atoms with Gasteiger partial charge in [0.2, 0.25) is 0 Å². The van der Waals surface area contributed by atoms with Crippen molar-refractivity contribution in [3.63, 3.8) is 0 Å². The minimum absolute atomic E-state index is 0.0321. The molecule has 2 nitrogen and oxygen atoms in total. The summed E-state index contributed by atoms with van der Waals surface area (Å²) in [5, 5.41) is 0. The van der Waals surface area contributed by atoms with Crippen molar-refractivity contribution in [2.45, 2.75) is 167 Å². The summed E-state index contributed by atoms with van der Waals surface area (Å²) in [6.45, 7) is 9.37. The van der Waals surface area contributed by atoms with E-state index in [0.717, 1.165) is 6.42 Å². The van der Waals surface area contributed by atoms with E-state index in [1.54, 1.807) is 0 Å². The highest BCUT2D eigenvalue weighted by molar-refractivity contribution is 5.33. The predicted molar refractivity (Wildman–Crippen MR) is 188 cm³/mol. The van der Waals surface area contributed by atoms with E-state index in [4.69, 9.17) is 4.98 Å². The van der Waals surface area contributed by atoms with E-state index >= 15 is 0 Å². The van der Waals surface area contributed by atoms with E-state index < -0.39 is 0 Å². The third-order valence-corrected chi connectivity index (χ3v) is 9.78. The van der Waals surface area contributed by atoms with Crippen molar-refractivity contribution >= 4 is 0 Å². The van der Waals surface area contributed by atoms with Crippen LogP contribution >= 0.6 is 0 Å². The molecule has 2 aromatic carbocycles. The number of imidazole rings is 1. The van der Waals surface area contributed by atoms with Crippen LogP contribution in [0.1, 0.15) is 172 Å². The summed E-state index contributed by atoms with van der Waals surface area (Å²) in [5.74, 6) is 1.62. The Hall–Kier alpha value is -2.35. The largest absolute Gasteiger partial charge is 0.332 e. The highest BCUT2D eigenvalue weighted by atomic mass is 15.1. The standard InChI is InChI=1S/C41H64N2/c1-5-6-7-8-9-10-11-12-13-14-15-16-17-18-19-20-27-32-39(40-42-33-34-43(40)36(2)3)41(4,38-30-25-22-26-31-38)35-37-28-23-21-24-29-37/h21-26,28-31,33-34,36,39H,5-20,27,32,35H2,1-4H3. The van der Waals surface area contributed by atoms with Crippen molar-refractivity contribution in [2.75, 3.05) is 0 Å². The molecule has 2 unspecified atom stereocenters. The normalized spacial score (nSPS) is 13.8. The monoisotopic (exact) mass is 585 g/mol. The van der Waals surface area contributed by atoms with Crippen LogP contribution in [-0.4, -0.2) is 9.55 Å². The Kier molecular flexibility index (Phi) is 16.8. The molecular formula is C41H64N2. The van der Waals surface area contributed by atoms with Gasteiger partial charge in [-0.25, -0.2) is 4.98 Å². The first kappa shape index (κ1) is 35.1. The molecular weight excluding hydrogens is 520 g/mol. The number of nitrogens with zero attached hydrogens (tertiary/aromatic N) is 2. The Morgan fingerprint density at radius 1 is 0.628 bits per heavy atom. The molecule has 0 amide bonds. The van der Waals surface area contributed by atoms with Gasteiger partial charge >= 0.3 is 0 Å². The van der Waals surface area contributed by atoms with Crippen molar-refractivity contribution in [3.8, 4) is 0 Å². The lowest BCUT2D eigenvalue weighted by atomic mass is 9.66. The van der Waals surface area contributed by atoms with Gasteiger partial charge in [-0.3, -0.25) is 0 Å². The van der Waals surface area contributed by atoms with Gasteiger partial charge in [0.05, 0.1) is 0 Å². The number of benzene rings is 2. The fourth-order valence-electron chi connectivity index (χ4n) is 7.10. The van der Waals surface area contributed by atoms with Gasteiger partial charge in [-0.05, 0) is 37.8 Å². The molecule has 0 saturated carbocycles. The van der Waals surface area contributed by atoms with Crippen LogP contribution < -0.4 is 0 Å². The minimum Gasteiger partial charge on any atom is -0.332 e. The Morgan fingerprint density at radius 2 is 1.09 bits per heavy atom. The molecule has 0 N–H and O–H groups in total. The zero-order valence-corrected chi connectivity index (χ0v) is 28.4. The van der Waals surface area contributed by atoms with Crippen LogP contribution in [0, 0.1) is 0 Å². The highest BCUT2D eigenvalue weighted by Gasteiger charge is 2.39. The molecule has 1 heterocycles. The Morgan fingerprint density at radius 3 is 1.58 bits per heavy atom. The average molecular weight is 585 g/mol. The van der Waals surface area contributed by atoms with E-state index in [9.17, 15) is 0 Å². The fraction of sp³-hybridized carbons (Fsp3) is 0.634. The summed E-state index contributed by atoms with van der Waals surface area (Å²) in [7, 11) is 0. The highest BCUT2D eigenvalue weighted by Crippen LogP contribution is 2.44. The first-order chi connectivity index (χ1) is 21.1. The van der Waals surface area contributed by atoms with Crippen molar-refractivity contribution in [2.24, 2.45) is 0 Å². The minimum atomic E-state index is -0.0321. The molecule has 3 aromatic rings. The number of aromatic nitrogens is 2. The molecule has 0 saturated heterocycles. The maximum absolute atomic E-state index is 5.03. The number of unbranched alkanes of at least 4 members (excludes halogenated alkanes) is 16. The first-order valence-corrected chi connectivity index (χ1v) is 18.2. The lowest BCUT2D eigenvalue weighted by Gasteiger charge is -2.39. The lowest BCUT2D eigenvalue weighted by Crippen LogP contribution is -2.35. The molecule has 3 rings (SSSR count). The van der Waals surface area contributed by atoms with Crippen LogP contribution in [0.3, 0.4) is 0 Å². The molecule has 2 atom stereocenters. The van der Waals surface area contributed by atoms with Crippen LogP contribution in [0.4, 0.5) is 0 Å². The summed E-state index contributed by atoms with van der Waals surface area (Å²) in [5.41, 5.74) is 2.80. The molecule has 0 fully saturated rings. The SMILES string of the molecule is CCCCCCCCCCCCCCCCCCCC(c1nccn1C(C)C)C(C)(Cc1ccccc1)c1ccccc1. The van der Waals surface area contributed by atoms with Gasteiger partial charge in [0.1, 0.15) is 5.82 Å². The molecule has 0 spiro atoms. The van der Waals surface area contributed by atoms with Gasteiger partial charge in [-0.15, -0.1) is 0 Å². The molecule has 0 radical (unpaired) electrons. The molecule has 1 aromatic heterocycles. The summed E-state index contributed by atoms with van der Waals surface area (Å²) in [6.07, 6.45) is 30.4. The maximum atomic E-state index is 5.03. The van der Waals surface area contributed by atoms with Crippen molar-refractivity contribution < 1.29 is 0 Å². The van der Waals surface area contributed by atoms with Gasteiger partial charge in [0.15, 0.2) is 0 Å². The Balaban J connectivity index is 1.47. The van der Waals surface area contributed by atoms with Gasteiger partial charge in [-0.2, -0.15) is 0 Å². The number of rotatable bonds is 24. The molecule has 2 heteroatoms.